The highest BCUT2D eigenvalue weighted by Crippen LogP contribution is 2.29. The SMILES string of the molecule is N#[N+]c1ccccc1N=Nc1ccccc1CN. The van der Waals surface area contributed by atoms with Crippen LogP contribution in [-0.4, -0.2) is 0 Å². The first-order valence-corrected chi connectivity index (χ1v) is 5.49. The first-order chi connectivity index (χ1) is 8.85. The van der Waals surface area contributed by atoms with Gasteiger partial charge in [-0.2, -0.15) is 0 Å². The summed E-state index contributed by atoms with van der Waals surface area (Å²) in [5, 5.41) is 17.0. The van der Waals surface area contributed by atoms with Crippen LogP contribution < -0.4 is 5.73 Å². The minimum absolute atomic E-state index is 0.381. The van der Waals surface area contributed by atoms with Crippen LogP contribution in [0.2, 0.25) is 0 Å². The highest BCUT2D eigenvalue weighted by molar-refractivity contribution is 5.65. The zero-order chi connectivity index (χ0) is 12.8. The Hall–Kier alpha value is -2.58. The average molecular weight is 238 g/mol. The van der Waals surface area contributed by atoms with Crippen molar-refractivity contribution in [2.24, 2.45) is 16.0 Å². The smallest absolute Gasteiger partial charge is 0.326 e. The number of benzene rings is 2. The minimum atomic E-state index is 0.381. The van der Waals surface area contributed by atoms with Crippen molar-refractivity contribution in [2.45, 2.75) is 6.54 Å². The fourth-order valence-corrected chi connectivity index (χ4v) is 1.52. The topological polar surface area (TPSA) is 78.9 Å². The quantitative estimate of drug-likeness (QED) is 0.646. The second-order valence-electron chi connectivity index (χ2n) is 3.62. The molecule has 0 aliphatic heterocycles. The van der Waals surface area contributed by atoms with Gasteiger partial charge in [-0.3, -0.25) is 0 Å². The maximum atomic E-state index is 8.82. The molecule has 0 amide bonds. The molecule has 0 fully saturated rings. The third kappa shape index (κ3) is 2.56. The Morgan fingerprint density at radius 3 is 2.28 bits per heavy atom. The van der Waals surface area contributed by atoms with E-state index in [0.717, 1.165) is 5.56 Å². The Labute approximate surface area is 105 Å². The van der Waals surface area contributed by atoms with Gasteiger partial charge in [-0.1, -0.05) is 30.3 Å². The van der Waals surface area contributed by atoms with E-state index in [2.05, 4.69) is 15.2 Å². The number of nitrogens with zero attached hydrogens (tertiary/aromatic N) is 4. The molecule has 0 bridgehead atoms. The van der Waals surface area contributed by atoms with Gasteiger partial charge in [-0.25, -0.2) is 0 Å². The Bertz CT molecular complexity index is 613. The Morgan fingerprint density at radius 1 is 0.944 bits per heavy atom. The van der Waals surface area contributed by atoms with Gasteiger partial charge in [0.15, 0.2) is 10.7 Å². The molecule has 2 aromatic carbocycles. The summed E-state index contributed by atoms with van der Waals surface area (Å²) in [6.07, 6.45) is 0. The van der Waals surface area contributed by atoms with E-state index in [4.69, 9.17) is 11.1 Å². The third-order valence-corrected chi connectivity index (χ3v) is 2.47. The molecule has 2 rings (SSSR count). The summed E-state index contributed by atoms with van der Waals surface area (Å²) in [5.41, 5.74) is 8.13. The van der Waals surface area contributed by atoms with Crippen molar-refractivity contribution in [1.29, 1.82) is 5.39 Å². The monoisotopic (exact) mass is 238 g/mol. The largest absolute Gasteiger partial charge is 0.412 e. The molecular weight excluding hydrogens is 226 g/mol. The maximum Gasteiger partial charge on any atom is 0.412 e. The lowest BCUT2D eigenvalue weighted by Crippen LogP contribution is -1.95. The Morgan fingerprint density at radius 2 is 1.56 bits per heavy atom. The van der Waals surface area contributed by atoms with Crippen molar-refractivity contribution in [3.05, 3.63) is 59.1 Å². The van der Waals surface area contributed by atoms with Crippen molar-refractivity contribution < 1.29 is 0 Å². The molecule has 0 heterocycles. The van der Waals surface area contributed by atoms with E-state index in [0.29, 0.717) is 23.6 Å². The molecule has 88 valence electrons. The summed E-state index contributed by atoms with van der Waals surface area (Å²) in [4.78, 5) is 3.15. The highest BCUT2D eigenvalue weighted by Gasteiger charge is 2.11. The van der Waals surface area contributed by atoms with Crippen molar-refractivity contribution in [3.8, 4) is 0 Å². The van der Waals surface area contributed by atoms with Gasteiger partial charge in [0.2, 0.25) is 5.39 Å². The lowest BCUT2D eigenvalue weighted by atomic mass is 10.2. The van der Waals surface area contributed by atoms with E-state index in [1.165, 1.54) is 0 Å². The van der Waals surface area contributed by atoms with Crippen LogP contribution in [0, 0.1) is 5.39 Å². The van der Waals surface area contributed by atoms with E-state index in [-0.39, 0.29) is 0 Å². The summed E-state index contributed by atoms with van der Waals surface area (Å²) in [5.74, 6) is 0. The minimum Gasteiger partial charge on any atom is -0.326 e. The van der Waals surface area contributed by atoms with E-state index in [1.807, 2.05) is 24.3 Å². The van der Waals surface area contributed by atoms with Gasteiger partial charge in [-0.15, -0.1) is 10.2 Å². The molecule has 0 saturated heterocycles. The van der Waals surface area contributed by atoms with Crippen LogP contribution in [-0.2, 0) is 6.54 Å². The predicted molar refractivity (Wildman–Crippen MR) is 69.7 cm³/mol. The van der Waals surface area contributed by atoms with Crippen molar-refractivity contribution >= 4 is 17.1 Å². The van der Waals surface area contributed by atoms with Gasteiger partial charge in [0.05, 0.1) is 5.69 Å². The van der Waals surface area contributed by atoms with Gasteiger partial charge < -0.3 is 5.73 Å². The summed E-state index contributed by atoms with van der Waals surface area (Å²) in [6.45, 7) is 0.404. The standard InChI is InChI=1S/C13H12N5/c14-9-10-5-1-2-6-11(10)17-18-13-8-4-3-7-12(13)16-15/h1-8H,9,14H2/q+1. The molecule has 0 aromatic heterocycles. The molecular formula is C13H12N5+. The number of rotatable bonds is 3. The highest BCUT2D eigenvalue weighted by atomic mass is 15.1. The van der Waals surface area contributed by atoms with Crippen LogP contribution in [0.15, 0.2) is 58.8 Å². The van der Waals surface area contributed by atoms with Gasteiger partial charge in [-0.05, 0) is 17.7 Å². The van der Waals surface area contributed by atoms with Gasteiger partial charge in [0, 0.05) is 12.6 Å². The summed E-state index contributed by atoms with van der Waals surface area (Å²) >= 11 is 0. The molecule has 18 heavy (non-hydrogen) atoms. The van der Waals surface area contributed by atoms with E-state index >= 15 is 0 Å². The molecule has 0 spiro atoms. The molecule has 0 saturated carbocycles. The Kier molecular flexibility index (Phi) is 3.74. The summed E-state index contributed by atoms with van der Waals surface area (Å²) in [6, 6.07) is 14.5. The number of nitrogens with two attached hydrogens (primary N) is 1. The number of hydrogen-bond acceptors (Lipinski definition) is 4. The second kappa shape index (κ2) is 5.66. The molecule has 0 aliphatic carbocycles. The Balaban J connectivity index is 2.34. The maximum absolute atomic E-state index is 8.82. The molecule has 0 unspecified atom stereocenters. The first-order valence-electron chi connectivity index (χ1n) is 5.49. The molecule has 0 atom stereocenters. The van der Waals surface area contributed by atoms with E-state index in [1.54, 1.807) is 24.3 Å². The predicted octanol–water partition coefficient (Wildman–Crippen LogP) is 4.05. The molecule has 2 N–H and O–H groups in total. The molecule has 2 aromatic rings. The van der Waals surface area contributed by atoms with Crippen LogP contribution in [0.1, 0.15) is 5.56 Å². The summed E-state index contributed by atoms with van der Waals surface area (Å²) < 4.78 is 0. The van der Waals surface area contributed by atoms with Gasteiger partial charge >= 0.3 is 5.69 Å². The molecule has 5 nitrogen and oxygen atoms in total. The summed E-state index contributed by atoms with van der Waals surface area (Å²) in [7, 11) is 0. The van der Waals surface area contributed by atoms with Crippen LogP contribution in [0.4, 0.5) is 17.1 Å². The fourth-order valence-electron chi connectivity index (χ4n) is 1.52. The van der Waals surface area contributed by atoms with E-state index in [9.17, 15) is 0 Å². The van der Waals surface area contributed by atoms with E-state index < -0.39 is 0 Å². The second-order valence-corrected chi connectivity index (χ2v) is 3.62. The van der Waals surface area contributed by atoms with Crippen molar-refractivity contribution in [1.82, 2.24) is 0 Å². The number of azo groups is 1. The van der Waals surface area contributed by atoms with Gasteiger partial charge in [0.25, 0.3) is 0 Å². The third-order valence-electron chi connectivity index (χ3n) is 2.47. The van der Waals surface area contributed by atoms with Crippen LogP contribution >= 0.6 is 0 Å². The lowest BCUT2D eigenvalue weighted by Gasteiger charge is -1.99. The first kappa shape index (κ1) is 11.9. The lowest BCUT2D eigenvalue weighted by molar-refractivity contribution is 1.05. The number of diazo groups is 1. The van der Waals surface area contributed by atoms with Crippen LogP contribution in [0.25, 0.3) is 4.98 Å². The molecule has 5 heteroatoms. The van der Waals surface area contributed by atoms with Crippen molar-refractivity contribution in [2.75, 3.05) is 0 Å². The average Bonchev–Trinajstić information content (AvgIpc) is 2.45. The zero-order valence-corrected chi connectivity index (χ0v) is 9.69. The molecule has 0 radical (unpaired) electrons. The van der Waals surface area contributed by atoms with Crippen LogP contribution in [0.3, 0.4) is 0 Å². The normalized spacial score (nSPS) is 10.4. The zero-order valence-electron chi connectivity index (χ0n) is 9.69. The van der Waals surface area contributed by atoms with Crippen molar-refractivity contribution in [3.63, 3.8) is 0 Å². The van der Waals surface area contributed by atoms with Gasteiger partial charge in [0.1, 0.15) is 0 Å². The number of hydrogen-bond donors (Lipinski definition) is 1. The molecule has 0 aliphatic rings. The van der Waals surface area contributed by atoms with Crippen LogP contribution in [0.5, 0.6) is 0 Å². The fraction of sp³-hybridized carbons (Fsp3) is 0.0769.